The van der Waals surface area contributed by atoms with Gasteiger partial charge in [-0.15, -0.1) is 0 Å². The van der Waals surface area contributed by atoms with Gasteiger partial charge in [-0.3, -0.25) is 9.69 Å². The summed E-state index contributed by atoms with van der Waals surface area (Å²) in [6.07, 6.45) is 6.04. The van der Waals surface area contributed by atoms with Crippen molar-refractivity contribution in [3.63, 3.8) is 0 Å². The van der Waals surface area contributed by atoms with Gasteiger partial charge in [0.2, 0.25) is 11.9 Å². The second-order valence-corrected chi connectivity index (χ2v) is 8.31. The van der Waals surface area contributed by atoms with E-state index < -0.39 is 0 Å². The predicted molar refractivity (Wildman–Crippen MR) is 116 cm³/mol. The first-order valence-electron chi connectivity index (χ1n) is 10.8. The number of nitrogens with zero attached hydrogens (tertiary/aromatic N) is 4. The second-order valence-electron chi connectivity index (χ2n) is 8.31. The number of nitrogens with one attached hydrogen (secondary N) is 1. The molecule has 0 saturated carbocycles. The van der Waals surface area contributed by atoms with Crippen molar-refractivity contribution in [3.05, 3.63) is 47.8 Å². The van der Waals surface area contributed by atoms with Crippen LogP contribution in [0, 0.1) is 0 Å². The highest BCUT2D eigenvalue weighted by Crippen LogP contribution is 2.34. The quantitative estimate of drug-likeness (QED) is 0.791. The number of methoxy groups -OCH3 is 1. The van der Waals surface area contributed by atoms with Crippen molar-refractivity contribution in [1.29, 1.82) is 0 Å². The van der Waals surface area contributed by atoms with Crippen molar-refractivity contribution in [3.8, 4) is 5.75 Å². The molecule has 1 aromatic heterocycles. The van der Waals surface area contributed by atoms with Crippen LogP contribution in [-0.4, -0.2) is 54.1 Å². The first kappa shape index (κ1) is 20.6. The van der Waals surface area contributed by atoms with E-state index in [-0.39, 0.29) is 11.4 Å². The number of ether oxygens (including phenoxy) is 1. The molecule has 0 spiro atoms. The summed E-state index contributed by atoms with van der Waals surface area (Å²) in [5, 5.41) is 3.24. The van der Waals surface area contributed by atoms with Crippen molar-refractivity contribution < 1.29 is 9.53 Å². The SMILES string of the molecule is COc1ccc(C2(NC(C)=O)CCN(Cc3ccnc(N4CCCC4)n3)CC2)cc1. The van der Waals surface area contributed by atoms with E-state index in [0.29, 0.717) is 0 Å². The number of anilines is 1. The largest absolute Gasteiger partial charge is 0.497 e. The van der Waals surface area contributed by atoms with Crippen molar-refractivity contribution in [1.82, 2.24) is 20.2 Å². The van der Waals surface area contributed by atoms with Gasteiger partial charge in [-0.05, 0) is 49.4 Å². The molecule has 1 N–H and O–H groups in total. The average molecular weight is 410 g/mol. The van der Waals surface area contributed by atoms with E-state index in [4.69, 9.17) is 9.72 Å². The minimum Gasteiger partial charge on any atom is -0.497 e. The highest BCUT2D eigenvalue weighted by atomic mass is 16.5. The van der Waals surface area contributed by atoms with Crippen LogP contribution < -0.4 is 15.0 Å². The molecule has 2 aliphatic rings. The Morgan fingerprint density at radius 3 is 2.43 bits per heavy atom. The summed E-state index contributed by atoms with van der Waals surface area (Å²) in [6, 6.07) is 10.1. The fraction of sp³-hybridized carbons (Fsp3) is 0.522. The summed E-state index contributed by atoms with van der Waals surface area (Å²) >= 11 is 0. The first-order chi connectivity index (χ1) is 14.6. The zero-order chi connectivity index (χ0) is 21.0. The van der Waals surface area contributed by atoms with Crippen LogP contribution in [0.1, 0.15) is 43.9 Å². The van der Waals surface area contributed by atoms with Crippen LogP contribution in [-0.2, 0) is 16.9 Å². The monoisotopic (exact) mass is 409 g/mol. The standard InChI is InChI=1S/C23H31N5O2/c1-18(29)26-23(19-5-7-21(30-2)8-6-19)10-15-27(16-11-23)17-20-9-12-24-22(25-20)28-13-3-4-14-28/h5-9,12H,3-4,10-11,13-17H2,1-2H3,(H,26,29). The Kier molecular flexibility index (Phi) is 6.18. The second kappa shape index (κ2) is 9.00. The van der Waals surface area contributed by atoms with Crippen molar-refractivity contribution >= 4 is 11.9 Å². The minimum atomic E-state index is -0.332. The molecule has 0 unspecified atom stereocenters. The zero-order valence-corrected chi connectivity index (χ0v) is 17.9. The van der Waals surface area contributed by atoms with Crippen molar-refractivity contribution in [2.24, 2.45) is 0 Å². The molecular weight excluding hydrogens is 378 g/mol. The third-order valence-electron chi connectivity index (χ3n) is 6.24. The number of carbonyl (C=O) groups excluding carboxylic acids is 1. The molecule has 0 atom stereocenters. The minimum absolute atomic E-state index is 0.00493. The lowest BCUT2D eigenvalue weighted by Crippen LogP contribution is -2.52. The van der Waals surface area contributed by atoms with Crippen molar-refractivity contribution in [2.75, 3.05) is 38.2 Å². The highest BCUT2D eigenvalue weighted by Gasteiger charge is 2.37. The Hall–Kier alpha value is -2.67. The molecule has 7 heteroatoms. The molecular formula is C23H31N5O2. The number of likely N-dealkylation sites (tertiary alicyclic amines) is 1. The number of piperidine rings is 1. The van der Waals surface area contributed by atoms with E-state index in [2.05, 4.69) is 32.2 Å². The Labute approximate surface area is 178 Å². The maximum atomic E-state index is 12.0. The number of hydrogen-bond acceptors (Lipinski definition) is 6. The van der Waals surface area contributed by atoms with E-state index in [9.17, 15) is 4.79 Å². The van der Waals surface area contributed by atoms with E-state index in [1.807, 2.05) is 24.4 Å². The Bertz CT molecular complexity index is 856. The molecule has 3 heterocycles. The molecule has 2 aliphatic heterocycles. The third-order valence-corrected chi connectivity index (χ3v) is 6.24. The summed E-state index contributed by atoms with van der Waals surface area (Å²) in [5.41, 5.74) is 1.86. The molecule has 4 rings (SSSR count). The van der Waals surface area contributed by atoms with Crippen LogP contribution in [0.25, 0.3) is 0 Å². The van der Waals surface area contributed by atoms with Gasteiger partial charge in [0.05, 0.1) is 18.3 Å². The maximum Gasteiger partial charge on any atom is 0.225 e. The van der Waals surface area contributed by atoms with E-state index in [1.165, 1.54) is 12.8 Å². The van der Waals surface area contributed by atoms with Gasteiger partial charge in [0.1, 0.15) is 5.75 Å². The Morgan fingerprint density at radius 1 is 1.10 bits per heavy atom. The summed E-state index contributed by atoms with van der Waals surface area (Å²) in [7, 11) is 1.67. The number of aromatic nitrogens is 2. The lowest BCUT2D eigenvalue weighted by atomic mass is 9.80. The number of carbonyl (C=O) groups is 1. The van der Waals surface area contributed by atoms with Gasteiger partial charge in [-0.1, -0.05) is 12.1 Å². The maximum absolute atomic E-state index is 12.0. The van der Waals surface area contributed by atoms with E-state index in [0.717, 1.165) is 68.5 Å². The van der Waals surface area contributed by atoms with Gasteiger partial charge in [0, 0.05) is 45.8 Å². The molecule has 7 nitrogen and oxygen atoms in total. The number of amides is 1. The average Bonchev–Trinajstić information content (AvgIpc) is 3.30. The molecule has 2 fully saturated rings. The van der Waals surface area contributed by atoms with Gasteiger partial charge >= 0.3 is 0 Å². The normalized spacial score (nSPS) is 18.9. The predicted octanol–water partition coefficient (Wildman–Crippen LogP) is 2.71. The molecule has 2 saturated heterocycles. The number of rotatable bonds is 6. The first-order valence-corrected chi connectivity index (χ1v) is 10.8. The van der Waals surface area contributed by atoms with Gasteiger partial charge in [0.15, 0.2) is 0 Å². The van der Waals surface area contributed by atoms with Crippen LogP contribution in [0.5, 0.6) is 5.75 Å². The van der Waals surface area contributed by atoms with Crippen LogP contribution in [0.2, 0.25) is 0 Å². The number of benzene rings is 1. The summed E-state index contributed by atoms with van der Waals surface area (Å²) < 4.78 is 5.29. The van der Waals surface area contributed by atoms with Crippen LogP contribution in [0.3, 0.4) is 0 Å². The lowest BCUT2D eigenvalue weighted by molar-refractivity contribution is -0.121. The molecule has 0 radical (unpaired) electrons. The van der Waals surface area contributed by atoms with E-state index >= 15 is 0 Å². The highest BCUT2D eigenvalue weighted by molar-refractivity contribution is 5.74. The Morgan fingerprint density at radius 2 is 1.80 bits per heavy atom. The third kappa shape index (κ3) is 4.56. The fourth-order valence-electron chi connectivity index (χ4n) is 4.60. The fourth-order valence-corrected chi connectivity index (χ4v) is 4.60. The van der Waals surface area contributed by atoms with Crippen LogP contribution in [0.4, 0.5) is 5.95 Å². The topological polar surface area (TPSA) is 70.6 Å². The molecule has 30 heavy (non-hydrogen) atoms. The molecule has 1 aromatic carbocycles. The van der Waals surface area contributed by atoms with Gasteiger partial charge in [-0.25, -0.2) is 9.97 Å². The molecule has 1 amide bonds. The Balaban J connectivity index is 1.44. The molecule has 160 valence electrons. The lowest BCUT2D eigenvalue weighted by Gasteiger charge is -2.42. The molecule has 0 bridgehead atoms. The zero-order valence-electron chi connectivity index (χ0n) is 17.9. The number of hydrogen-bond donors (Lipinski definition) is 1. The summed E-state index contributed by atoms with van der Waals surface area (Å²) in [4.78, 5) is 25.9. The molecule has 2 aromatic rings. The smallest absolute Gasteiger partial charge is 0.225 e. The van der Waals surface area contributed by atoms with Crippen molar-refractivity contribution in [2.45, 2.75) is 44.7 Å². The van der Waals surface area contributed by atoms with Crippen LogP contribution in [0.15, 0.2) is 36.5 Å². The van der Waals surface area contributed by atoms with Gasteiger partial charge in [-0.2, -0.15) is 0 Å². The summed E-state index contributed by atoms with van der Waals surface area (Å²) in [5.74, 6) is 1.69. The van der Waals surface area contributed by atoms with Gasteiger partial charge in [0.25, 0.3) is 0 Å². The van der Waals surface area contributed by atoms with E-state index in [1.54, 1.807) is 14.0 Å². The molecule has 0 aliphatic carbocycles. The van der Waals surface area contributed by atoms with Gasteiger partial charge < -0.3 is 15.0 Å². The van der Waals surface area contributed by atoms with Crippen LogP contribution >= 0.6 is 0 Å². The summed E-state index contributed by atoms with van der Waals surface area (Å²) in [6.45, 7) is 6.30.